The van der Waals surface area contributed by atoms with Crippen LogP contribution < -0.4 is 5.32 Å². The van der Waals surface area contributed by atoms with Gasteiger partial charge < -0.3 is 9.73 Å². The van der Waals surface area contributed by atoms with Crippen molar-refractivity contribution in [1.82, 2.24) is 4.98 Å². The summed E-state index contributed by atoms with van der Waals surface area (Å²) in [5.41, 5.74) is 2.08. The maximum Gasteiger partial charge on any atom is 0.126 e. The summed E-state index contributed by atoms with van der Waals surface area (Å²) in [6, 6.07) is 14.3. The third-order valence-electron chi connectivity index (χ3n) is 3.17. The van der Waals surface area contributed by atoms with Gasteiger partial charge in [-0.1, -0.05) is 6.07 Å². The standard InChI is InChI=1S/C16H16N2O/c1-11-5-8-16(19-11)12(2)18-14-6-7-15-13(10-14)4-3-9-17-15/h3-10,12,18H,1-2H3. The Hall–Kier alpha value is -2.29. The number of rotatable bonds is 3. The van der Waals surface area contributed by atoms with E-state index in [0.717, 1.165) is 28.1 Å². The molecule has 3 nitrogen and oxygen atoms in total. The summed E-state index contributed by atoms with van der Waals surface area (Å²) in [5, 5.41) is 4.58. The first-order valence-corrected chi connectivity index (χ1v) is 6.40. The highest BCUT2D eigenvalue weighted by Gasteiger charge is 2.09. The molecule has 0 fully saturated rings. The molecule has 2 aromatic heterocycles. The molecule has 96 valence electrons. The van der Waals surface area contributed by atoms with Crippen molar-refractivity contribution < 1.29 is 4.42 Å². The van der Waals surface area contributed by atoms with Crippen LogP contribution in [0.1, 0.15) is 24.5 Å². The van der Waals surface area contributed by atoms with E-state index in [9.17, 15) is 0 Å². The van der Waals surface area contributed by atoms with E-state index in [-0.39, 0.29) is 6.04 Å². The summed E-state index contributed by atoms with van der Waals surface area (Å²) in [5.74, 6) is 1.88. The maximum absolute atomic E-state index is 5.63. The molecule has 1 atom stereocenters. The van der Waals surface area contributed by atoms with E-state index in [1.807, 2.05) is 43.5 Å². The molecule has 1 aromatic carbocycles. The lowest BCUT2D eigenvalue weighted by Gasteiger charge is -2.13. The summed E-state index contributed by atoms with van der Waals surface area (Å²) >= 11 is 0. The number of fused-ring (bicyclic) bond motifs is 1. The summed E-state index contributed by atoms with van der Waals surface area (Å²) in [6.07, 6.45) is 1.81. The summed E-state index contributed by atoms with van der Waals surface area (Å²) in [7, 11) is 0. The molecule has 0 bridgehead atoms. The number of hydrogen-bond acceptors (Lipinski definition) is 3. The molecule has 2 heterocycles. The fourth-order valence-corrected chi connectivity index (χ4v) is 2.17. The first-order chi connectivity index (χ1) is 9.22. The molecule has 19 heavy (non-hydrogen) atoms. The molecule has 3 rings (SSSR count). The van der Waals surface area contributed by atoms with Crippen LogP contribution in [0.4, 0.5) is 5.69 Å². The van der Waals surface area contributed by atoms with Crippen LogP contribution in [0.5, 0.6) is 0 Å². The number of pyridine rings is 1. The van der Waals surface area contributed by atoms with Crippen molar-refractivity contribution in [2.45, 2.75) is 19.9 Å². The molecule has 0 spiro atoms. The minimum Gasteiger partial charge on any atom is -0.464 e. The lowest BCUT2D eigenvalue weighted by molar-refractivity contribution is 0.467. The number of aromatic nitrogens is 1. The molecule has 0 radical (unpaired) electrons. The van der Waals surface area contributed by atoms with Gasteiger partial charge in [0.15, 0.2) is 0 Å². The predicted molar refractivity (Wildman–Crippen MR) is 77.2 cm³/mol. The van der Waals surface area contributed by atoms with Crippen LogP contribution in [0.25, 0.3) is 10.9 Å². The van der Waals surface area contributed by atoms with E-state index >= 15 is 0 Å². The molecule has 1 N–H and O–H groups in total. The van der Waals surface area contributed by atoms with Crippen LogP contribution in [0.2, 0.25) is 0 Å². The Kier molecular flexibility index (Phi) is 2.95. The number of nitrogens with zero attached hydrogens (tertiary/aromatic N) is 1. The minimum absolute atomic E-state index is 0.142. The highest BCUT2D eigenvalue weighted by Crippen LogP contribution is 2.23. The molecular weight excluding hydrogens is 236 g/mol. The van der Waals surface area contributed by atoms with Crippen molar-refractivity contribution in [3.8, 4) is 0 Å². The van der Waals surface area contributed by atoms with E-state index in [1.165, 1.54) is 0 Å². The third kappa shape index (κ3) is 2.45. The van der Waals surface area contributed by atoms with Crippen molar-refractivity contribution >= 4 is 16.6 Å². The second-order valence-corrected chi connectivity index (χ2v) is 4.73. The second kappa shape index (κ2) is 4.76. The number of furan rings is 1. The molecule has 0 aliphatic heterocycles. The van der Waals surface area contributed by atoms with E-state index in [0.29, 0.717) is 0 Å². The SMILES string of the molecule is Cc1ccc(C(C)Nc2ccc3ncccc3c2)o1. The van der Waals surface area contributed by atoms with E-state index in [2.05, 4.69) is 29.4 Å². The van der Waals surface area contributed by atoms with Crippen molar-refractivity contribution in [1.29, 1.82) is 0 Å². The molecule has 0 amide bonds. The molecule has 3 heteroatoms. The van der Waals surface area contributed by atoms with Crippen molar-refractivity contribution in [2.75, 3.05) is 5.32 Å². The Labute approximate surface area is 112 Å². The van der Waals surface area contributed by atoms with Crippen molar-refractivity contribution in [3.63, 3.8) is 0 Å². The molecule has 1 unspecified atom stereocenters. The highest BCUT2D eigenvalue weighted by atomic mass is 16.3. The zero-order chi connectivity index (χ0) is 13.2. The lowest BCUT2D eigenvalue weighted by Crippen LogP contribution is -2.05. The second-order valence-electron chi connectivity index (χ2n) is 4.73. The summed E-state index contributed by atoms with van der Waals surface area (Å²) in [4.78, 5) is 4.32. The zero-order valence-electron chi connectivity index (χ0n) is 11.1. The van der Waals surface area contributed by atoms with Gasteiger partial charge in [-0.15, -0.1) is 0 Å². The van der Waals surface area contributed by atoms with Gasteiger partial charge in [0.1, 0.15) is 11.5 Å². The van der Waals surface area contributed by atoms with Crippen molar-refractivity contribution in [3.05, 3.63) is 60.2 Å². The van der Waals surface area contributed by atoms with E-state index in [4.69, 9.17) is 4.42 Å². The summed E-state index contributed by atoms with van der Waals surface area (Å²) < 4.78 is 5.63. The number of benzene rings is 1. The number of nitrogens with one attached hydrogen (secondary N) is 1. The largest absolute Gasteiger partial charge is 0.464 e. The van der Waals surface area contributed by atoms with Crippen LogP contribution in [0.3, 0.4) is 0 Å². The maximum atomic E-state index is 5.63. The van der Waals surface area contributed by atoms with Gasteiger partial charge in [0, 0.05) is 17.3 Å². The number of hydrogen-bond donors (Lipinski definition) is 1. The van der Waals surface area contributed by atoms with Crippen molar-refractivity contribution in [2.24, 2.45) is 0 Å². The minimum atomic E-state index is 0.142. The summed E-state index contributed by atoms with van der Waals surface area (Å²) in [6.45, 7) is 4.05. The highest BCUT2D eigenvalue weighted by molar-refractivity contribution is 5.82. The van der Waals surface area contributed by atoms with Gasteiger partial charge in [-0.05, 0) is 50.2 Å². The fraction of sp³-hybridized carbons (Fsp3) is 0.188. The normalized spacial score (nSPS) is 12.5. The molecule has 3 aromatic rings. The number of aryl methyl sites for hydroxylation is 1. The number of anilines is 1. The average Bonchev–Trinajstić information content (AvgIpc) is 2.85. The van der Waals surface area contributed by atoms with Gasteiger partial charge >= 0.3 is 0 Å². The molecule has 0 aliphatic carbocycles. The van der Waals surface area contributed by atoms with Gasteiger partial charge in [-0.25, -0.2) is 0 Å². The molecule has 0 saturated carbocycles. The monoisotopic (exact) mass is 252 g/mol. The van der Waals surface area contributed by atoms with Gasteiger partial charge in [-0.2, -0.15) is 0 Å². The Morgan fingerprint density at radius 3 is 2.84 bits per heavy atom. The molecular formula is C16H16N2O. The van der Waals surface area contributed by atoms with Crippen LogP contribution in [0.15, 0.2) is 53.1 Å². The first-order valence-electron chi connectivity index (χ1n) is 6.40. The van der Waals surface area contributed by atoms with E-state index in [1.54, 1.807) is 0 Å². The quantitative estimate of drug-likeness (QED) is 0.754. The average molecular weight is 252 g/mol. The van der Waals surface area contributed by atoms with Gasteiger partial charge in [0.05, 0.1) is 11.6 Å². The first kappa shape index (κ1) is 11.8. The van der Waals surface area contributed by atoms with Gasteiger partial charge in [0.25, 0.3) is 0 Å². The third-order valence-corrected chi connectivity index (χ3v) is 3.17. The van der Waals surface area contributed by atoms with E-state index < -0.39 is 0 Å². The van der Waals surface area contributed by atoms with Gasteiger partial charge in [-0.3, -0.25) is 4.98 Å². The van der Waals surface area contributed by atoms with Crippen LogP contribution in [-0.2, 0) is 0 Å². The Morgan fingerprint density at radius 1 is 1.16 bits per heavy atom. The van der Waals surface area contributed by atoms with Crippen LogP contribution in [0, 0.1) is 6.92 Å². The topological polar surface area (TPSA) is 38.1 Å². The smallest absolute Gasteiger partial charge is 0.126 e. The predicted octanol–water partition coefficient (Wildman–Crippen LogP) is 4.31. The fourth-order valence-electron chi connectivity index (χ4n) is 2.17. The molecule has 0 saturated heterocycles. The Bertz CT molecular complexity index is 703. The van der Waals surface area contributed by atoms with Crippen LogP contribution >= 0.6 is 0 Å². The lowest BCUT2D eigenvalue weighted by atomic mass is 10.2. The Balaban J connectivity index is 1.84. The Morgan fingerprint density at radius 2 is 2.05 bits per heavy atom. The molecule has 0 aliphatic rings. The zero-order valence-corrected chi connectivity index (χ0v) is 11.1. The van der Waals surface area contributed by atoms with Gasteiger partial charge in [0.2, 0.25) is 0 Å². The van der Waals surface area contributed by atoms with Crippen LogP contribution in [-0.4, -0.2) is 4.98 Å².